The molecule has 1 aliphatic rings. The first-order valence-electron chi connectivity index (χ1n) is 9.70. The molecule has 0 atom stereocenters. The van der Waals surface area contributed by atoms with Gasteiger partial charge >= 0.3 is 0 Å². The van der Waals surface area contributed by atoms with Gasteiger partial charge in [-0.2, -0.15) is 0 Å². The van der Waals surface area contributed by atoms with Crippen molar-refractivity contribution in [2.45, 2.75) is 13.3 Å². The normalized spacial score (nSPS) is 12.5. The Balaban J connectivity index is 1.36. The highest BCUT2D eigenvalue weighted by Gasteiger charge is 2.18. The number of hydrogen-bond donors (Lipinski definition) is 1. The minimum absolute atomic E-state index is 0.0451. The molecule has 0 fully saturated rings. The van der Waals surface area contributed by atoms with Crippen LogP contribution in [-0.2, 0) is 11.3 Å². The van der Waals surface area contributed by atoms with Crippen LogP contribution >= 0.6 is 0 Å². The van der Waals surface area contributed by atoms with Crippen LogP contribution in [-0.4, -0.2) is 11.6 Å². The van der Waals surface area contributed by atoms with E-state index in [1.54, 1.807) is 0 Å². The molecule has 140 valence electrons. The fourth-order valence-corrected chi connectivity index (χ4v) is 3.92. The summed E-state index contributed by atoms with van der Waals surface area (Å²) in [5.41, 5.74) is 7.77. The molecule has 0 unspecified atom stereocenters. The van der Waals surface area contributed by atoms with E-state index in [4.69, 9.17) is 10.2 Å². The average Bonchev–Trinajstić information content (AvgIpc) is 3.14. The summed E-state index contributed by atoms with van der Waals surface area (Å²) in [4.78, 5) is 5.45. The zero-order valence-corrected chi connectivity index (χ0v) is 16.1. The number of fused-ring (bicyclic) bond motifs is 4. The van der Waals surface area contributed by atoms with Crippen molar-refractivity contribution in [1.82, 2.24) is 0 Å². The van der Waals surface area contributed by atoms with E-state index < -0.39 is 0 Å². The van der Waals surface area contributed by atoms with Crippen molar-refractivity contribution in [3.8, 4) is 11.1 Å². The molecule has 29 heavy (non-hydrogen) atoms. The molecule has 4 aromatic rings. The molecule has 0 heterocycles. The Kier molecular flexibility index (Phi) is 4.21. The molecule has 0 aromatic heterocycles. The second kappa shape index (κ2) is 7.02. The summed E-state index contributed by atoms with van der Waals surface area (Å²) < 4.78 is 0. The van der Waals surface area contributed by atoms with Gasteiger partial charge in [0.15, 0.2) is 0 Å². The predicted molar refractivity (Wildman–Crippen MR) is 119 cm³/mol. The van der Waals surface area contributed by atoms with Gasteiger partial charge in [-0.05, 0) is 70.1 Å². The van der Waals surface area contributed by atoms with Crippen molar-refractivity contribution in [1.29, 1.82) is 5.41 Å². The quantitative estimate of drug-likeness (QED) is 0.228. The number of nitrogens with zero attached hydrogens (tertiary/aromatic N) is 1. The number of oxime groups is 1. The van der Waals surface area contributed by atoms with E-state index in [1.807, 2.05) is 43.3 Å². The monoisotopic (exact) mass is 376 g/mol. The maximum absolute atomic E-state index is 8.24. The van der Waals surface area contributed by atoms with E-state index in [0.29, 0.717) is 5.56 Å². The fraction of sp³-hybridized carbons (Fsp3) is 0.0769. The Morgan fingerprint density at radius 2 is 1.48 bits per heavy atom. The summed E-state index contributed by atoms with van der Waals surface area (Å²) >= 11 is 0. The lowest BCUT2D eigenvalue weighted by Crippen LogP contribution is -2.04. The predicted octanol–water partition coefficient (Wildman–Crippen LogP) is 6.18. The van der Waals surface area contributed by atoms with Crippen molar-refractivity contribution in [2.75, 3.05) is 0 Å². The van der Waals surface area contributed by atoms with Gasteiger partial charge in [-0.1, -0.05) is 71.9 Å². The molecule has 0 radical (unpaired) electrons. The Hall–Kier alpha value is -3.72. The lowest BCUT2D eigenvalue weighted by molar-refractivity contribution is 0.326. The van der Waals surface area contributed by atoms with Crippen molar-refractivity contribution in [3.05, 3.63) is 107 Å². The minimum atomic E-state index is 0.0451. The molecular formula is C26H20N2O. The average molecular weight is 376 g/mol. The summed E-state index contributed by atoms with van der Waals surface area (Å²) in [6.45, 7) is 1.91. The van der Waals surface area contributed by atoms with Gasteiger partial charge in [-0.3, -0.25) is 5.41 Å². The maximum Gasteiger partial charge on any atom is 0.248 e. The van der Waals surface area contributed by atoms with Crippen molar-refractivity contribution >= 4 is 22.4 Å². The third-order valence-electron chi connectivity index (χ3n) is 5.50. The summed E-state index contributed by atoms with van der Waals surface area (Å²) in [6.07, 6.45) is 0.945. The van der Waals surface area contributed by atoms with Crippen LogP contribution < -0.4 is 0 Å². The van der Waals surface area contributed by atoms with Crippen LogP contribution in [0.1, 0.15) is 29.2 Å². The molecule has 0 saturated heterocycles. The molecule has 0 spiro atoms. The molecule has 1 N–H and O–H groups in total. The van der Waals surface area contributed by atoms with Gasteiger partial charge in [-0.15, -0.1) is 0 Å². The minimum Gasteiger partial charge on any atom is -0.336 e. The SMILES string of the molecule is C/C(=N\OC(=N)c1ccc2ccccc2c1)c1ccc2c(c1)Cc1ccccc1-2. The van der Waals surface area contributed by atoms with Gasteiger partial charge in [-0.25, -0.2) is 0 Å². The van der Waals surface area contributed by atoms with E-state index in [0.717, 1.165) is 28.5 Å². The fourth-order valence-electron chi connectivity index (χ4n) is 3.92. The summed E-state index contributed by atoms with van der Waals surface area (Å²) in [6, 6.07) is 28.9. The molecule has 0 saturated carbocycles. The van der Waals surface area contributed by atoms with Gasteiger partial charge in [0, 0.05) is 5.56 Å². The van der Waals surface area contributed by atoms with Gasteiger partial charge in [0.05, 0.1) is 5.71 Å². The zero-order chi connectivity index (χ0) is 19.8. The largest absolute Gasteiger partial charge is 0.336 e. The Bertz CT molecular complexity index is 1290. The van der Waals surface area contributed by atoms with E-state index in [9.17, 15) is 0 Å². The molecular weight excluding hydrogens is 356 g/mol. The van der Waals surface area contributed by atoms with E-state index >= 15 is 0 Å². The van der Waals surface area contributed by atoms with E-state index in [-0.39, 0.29) is 5.90 Å². The maximum atomic E-state index is 8.24. The van der Waals surface area contributed by atoms with Crippen LogP contribution in [0.4, 0.5) is 0 Å². The highest BCUT2D eigenvalue weighted by atomic mass is 16.6. The smallest absolute Gasteiger partial charge is 0.248 e. The van der Waals surface area contributed by atoms with Crippen molar-refractivity contribution < 1.29 is 4.84 Å². The molecule has 3 heteroatoms. The first-order chi connectivity index (χ1) is 14.2. The number of benzene rings is 4. The Labute approximate surface area is 169 Å². The summed E-state index contributed by atoms with van der Waals surface area (Å²) in [5, 5.41) is 14.7. The Morgan fingerprint density at radius 3 is 2.38 bits per heavy atom. The van der Waals surface area contributed by atoms with Crippen molar-refractivity contribution in [3.63, 3.8) is 0 Å². The molecule has 0 amide bonds. The molecule has 0 aliphatic heterocycles. The van der Waals surface area contributed by atoms with Crippen LogP contribution in [0.2, 0.25) is 0 Å². The summed E-state index contributed by atoms with van der Waals surface area (Å²) in [7, 11) is 0. The topological polar surface area (TPSA) is 45.4 Å². The molecule has 1 aliphatic carbocycles. The van der Waals surface area contributed by atoms with Gasteiger partial charge in [0.25, 0.3) is 0 Å². The third-order valence-corrected chi connectivity index (χ3v) is 5.50. The number of rotatable bonds is 3. The number of nitrogens with one attached hydrogen (secondary N) is 1. The lowest BCUT2D eigenvalue weighted by Gasteiger charge is -2.07. The van der Waals surface area contributed by atoms with Crippen LogP contribution in [0.5, 0.6) is 0 Å². The first kappa shape index (κ1) is 17.4. The van der Waals surface area contributed by atoms with E-state index in [1.165, 1.54) is 22.3 Å². The van der Waals surface area contributed by atoms with Crippen LogP contribution in [0.25, 0.3) is 21.9 Å². The molecule has 0 bridgehead atoms. The summed E-state index contributed by atoms with van der Waals surface area (Å²) in [5.74, 6) is 0.0451. The van der Waals surface area contributed by atoms with E-state index in [2.05, 4.69) is 53.7 Å². The Morgan fingerprint density at radius 1 is 0.759 bits per heavy atom. The first-order valence-corrected chi connectivity index (χ1v) is 9.70. The standard InChI is InChI=1S/C26H20N2O/c1-17(19-12-13-25-23(14-19)16-21-8-4-5-9-24(21)25)28-29-26(27)22-11-10-18-6-2-3-7-20(18)15-22/h2-15,27H,16H2,1H3/b27-26?,28-17+. The van der Waals surface area contributed by atoms with Gasteiger partial charge in [0.1, 0.15) is 0 Å². The van der Waals surface area contributed by atoms with Gasteiger partial charge < -0.3 is 4.84 Å². The number of hydrogen-bond acceptors (Lipinski definition) is 3. The van der Waals surface area contributed by atoms with Crippen LogP contribution in [0.3, 0.4) is 0 Å². The zero-order valence-electron chi connectivity index (χ0n) is 16.1. The van der Waals surface area contributed by atoms with Crippen molar-refractivity contribution in [2.24, 2.45) is 5.16 Å². The molecule has 5 rings (SSSR count). The highest BCUT2D eigenvalue weighted by Crippen LogP contribution is 2.36. The second-order valence-electron chi connectivity index (χ2n) is 7.36. The highest BCUT2D eigenvalue weighted by molar-refractivity contribution is 6.01. The third kappa shape index (κ3) is 3.21. The van der Waals surface area contributed by atoms with Crippen LogP contribution in [0, 0.1) is 5.41 Å². The van der Waals surface area contributed by atoms with Crippen LogP contribution in [0.15, 0.2) is 90.1 Å². The molecule has 4 aromatic carbocycles. The molecule has 3 nitrogen and oxygen atoms in total. The van der Waals surface area contributed by atoms with Gasteiger partial charge in [0.2, 0.25) is 5.90 Å². The second-order valence-corrected chi connectivity index (χ2v) is 7.36. The lowest BCUT2D eigenvalue weighted by atomic mass is 10.0.